The maximum atomic E-state index is 13.0. The van der Waals surface area contributed by atoms with Gasteiger partial charge in [0.1, 0.15) is 0 Å². The van der Waals surface area contributed by atoms with Gasteiger partial charge in [-0.05, 0) is 35.0 Å². The van der Waals surface area contributed by atoms with Crippen molar-refractivity contribution in [2.75, 3.05) is 13.6 Å². The fourth-order valence-electron chi connectivity index (χ4n) is 3.57. The summed E-state index contributed by atoms with van der Waals surface area (Å²) in [7, 11) is 0.692. The number of sulfonamides is 1. The zero-order chi connectivity index (χ0) is 21.6. The minimum Gasteiger partial charge on any atom is -0.295 e. The quantitative estimate of drug-likeness (QED) is 0.462. The zero-order valence-electron chi connectivity index (χ0n) is 16.9. The van der Waals surface area contributed by atoms with Crippen LogP contribution in [0.15, 0.2) is 70.4 Å². The van der Waals surface area contributed by atoms with Crippen molar-refractivity contribution in [3.05, 3.63) is 76.7 Å². The molecule has 7 nitrogen and oxygen atoms in total. The summed E-state index contributed by atoms with van der Waals surface area (Å²) in [4.78, 5) is 24.9. The Morgan fingerprint density at radius 2 is 1.57 bits per heavy atom. The number of imidazole rings is 1. The number of aryl methyl sites for hydroxylation is 2. The first-order valence-electron chi connectivity index (χ1n) is 9.34. The number of hydrogen-bond donors (Lipinski definition) is 0. The van der Waals surface area contributed by atoms with E-state index in [1.54, 1.807) is 32.3 Å². The molecule has 0 spiro atoms. The molecule has 1 heterocycles. The van der Waals surface area contributed by atoms with Crippen LogP contribution in [-0.2, 0) is 24.1 Å². The lowest BCUT2D eigenvalue weighted by Gasteiger charge is -2.17. The molecule has 154 valence electrons. The van der Waals surface area contributed by atoms with Gasteiger partial charge in [-0.25, -0.2) is 13.2 Å². The van der Waals surface area contributed by atoms with Crippen LogP contribution >= 0.6 is 0 Å². The van der Waals surface area contributed by atoms with Gasteiger partial charge in [0.05, 0.1) is 22.5 Å². The molecule has 0 atom stereocenters. The summed E-state index contributed by atoms with van der Waals surface area (Å²) in [5.74, 6) is -0.292. The second-order valence-electron chi connectivity index (χ2n) is 7.30. The van der Waals surface area contributed by atoms with E-state index in [0.717, 1.165) is 15.1 Å². The first-order chi connectivity index (χ1) is 14.2. The van der Waals surface area contributed by atoms with Gasteiger partial charge in [-0.3, -0.25) is 13.9 Å². The Labute approximate surface area is 173 Å². The lowest BCUT2D eigenvalue weighted by atomic mass is 10.0. The lowest BCUT2D eigenvalue weighted by molar-refractivity contribution is 0.0973. The highest BCUT2D eigenvalue weighted by molar-refractivity contribution is 7.89. The van der Waals surface area contributed by atoms with Gasteiger partial charge in [0.2, 0.25) is 10.0 Å². The highest BCUT2D eigenvalue weighted by atomic mass is 32.2. The molecule has 8 heteroatoms. The SMILES string of the molecule is CN(CC(=O)c1ccc2ccccc2c1)S(=O)(=O)c1ccc2c(c1)n(C)c(=O)n2C. The molecule has 30 heavy (non-hydrogen) atoms. The van der Waals surface area contributed by atoms with E-state index < -0.39 is 10.0 Å². The maximum absolute atomic E-state index is 13.0. The van der Waals surface area contributed by atoms with E-state index in [4.69, 9.17) is 0 Å². The fraction of sp³-hybridized carbons (Fsp3) is 0.182. The molecule has 0 amide bonds. The van der Waals surface area contributed by atoms with Crippen LogP contribution in [0.3, 0.4) is 0 Å². The van der Waals surface area contributed by atoms with Crippen molar-refractivity contribution in [3.8, 4) is 0 Å². The molecule has 0 N–H and O–H groups in total. The fourth-order valence-corrected chi connectivity index (χ4v) is 4.72. The number of carbonyl (C=O) groups excluding carboxylic acids is 1. The average molecular weight is 423 g/mol. The Morgan fingerprint density at radius 3 is 2.30 bits per heavy atom. The monoisotopic (exact) mass is 423 g/mol. The molecule has 4 aromatic rings. The normalized spacial score (nSPS) is 12.1. The van der Waals surface area contributed by atoms with Gasteiger partial charge in [0, 0.05) is 26.7 Å². The standard InChI is InChI=1S/C22H21N3O4S/c1-23(14-21(26)17-9-8-15-6-4-5-7-16(15)12-17)30(28,29)18-10-11-19-20(13-18)25(3)22(27)24(19)2/h4-13H,14H2,1-3H3. The second-order valence-corrected chi connectivity index (χ2v) is 9.34. The largest absolute Gasteiger partial charge is 0.328 e. The van der Waals surface area contributed by atoms with Crippen LogP contribution in [0, 0.1) is 0 Å². The van der Waals surface area contributed by atoms with Crippen molar-refractivity contribution in [1.82, 2.24) is 13.4 Å². The highest BCUT2D eigenvalue weighted by Gasteiger charge is 2.24. The lowest BCUT2D eigenvalue weighted by Crippen LogP contribution is -2.32. The molecule has 0 aliphatic rings. The third-order valence-electron chi connectivity index (χ3n) is 5.39. The number of nitrogens with zero attached hydrogens (tertiary/aromatic N) is 3. The van der Waals surface area contributed by atoms with Crippen molar-refractivity contribution in [3.63, 3.8) is 0 Å². The molecule has 0 unspecified atom stereocenters. The zero-order valence-corrected chi connectivity index (χ0v) is 17.7. The summed E-state index contributed by atoms with van der Waals surface area (Å²) in [6.07, 6.45) is 0. The molecule has 0 radical (unpaired) electrons. The van der Waals surface area contributed by atoms with E-state index >= 15 is 0 Å². The summed E-state index contributed by atoms with van der Waals surface area (Å²) < 4.78 is 30.0. The van der Waals surface area contributed by atoms with Gasteiger partial charge in [-0.15, -0.1) is 0 Å². The molecule has 0 fully saturated rings. The summed E-state index contributed by atoms with van der Waals surface area (Å²) in [6, 6.07) is 17.5. The van der Waals surface area contributed by atoms with Gasteiger partial charge in [0.25, 0.3) is 0 Å². The Bertz CT molecular complexity index is 1470. The first-order valence-corrected chi connectivity index (χ1v) is 10.8. The first kappa shape index (κ1) is 20.1. The summed E-state index contributed by atoms with van der Waals surface area (Å²) >= 11 is 0. The van der Waals surface area contributed by atoms with E-state index in [1.165, 1.54) is 28.3 Å². The number of fused-ring (bicyclic) bond motifs is 2. The van der Waals surface area contributed by atoms with Crippen LogP contribution in [0.1, 0.15) is 10.4 Å². The third-order valence-corrected chi connectivity index (χ3v) is 7.19. The summed E-state index contributed by atoms with van der Waals surface area (Å²) in [5, 5.41) is 1.93. The minimum atomic E-state index is -3.91. The topological polar surface area (TPSA) is 81.4 Å². The minimum absolute atomic E-state index is 0.0324. The predicted octanol–water partition coefficient (Wildman–Crippen LogP) is 2.53. The van der Waals surface area contributed by atoms with E-state index in [2.05, 4.69) is 0 Å². The molecule has 0 aliphatic carbocycles. The van der Waals surface area contributed by atoms with Crippen molar-refractivity contribution in [2.24, 2.45) is 14.1 Å². The van der Waals surface area contributed by atoms with Crippen LogP contribution in [0.2, 0.25) is 0 Å². The van der Waals surface area contributed by atoms with Crippen LogP contribution in [0.5, 0.6) is 0 Å². The van der Waals surface area contributed by atoms with Crippen molar-refractivity contribution in [2.45, 2.75) is 4.90 Å². The third kappa shape index (κ3) is 3.24. The van der Waals surface area contributed by atoms with Crippen molar-refractivity contribution >= 4 is 37.6 Å². The molecule has 4 rings (SSSR count). The maximum Gasteiger partial charge on any atom is 0.328 e. The molecule has 0 bridgehead atoms. The molecular formula is C22H21N3O4S. The Kier molecular flexibility index (Phi) is 4.83. The van der Waals surface area contributed by atoms with E-state index in [-0.39, 0.29) is 22.9 Å². The number of hydrogen-bond acceptors (Lipinski definition) is 4. The highest BCUT2D eigenvalue weighted by Crippen LogP contribution is 2.21. The second kappa shape index (κ2) is 7.23. The van der Waals surface area contributed by atoms with E-state index in [9.17, 15) is 18.0 Å². The van der Waals surface area contributed by atoms with Gasteiger partial charge in [-0.2, -0.15) is 4.31 Å². The molecule has 1 aromatic heterocycles. The molecule has 0 saturated heterocycles. The number of benzene rings is 3. The van der Waals surface area contributed by atoms with Gasteiger partial charge < -0.3 is 0 Å². The summed E-state index contributed by atoms with van der Waals surface area (Å²) in [5.41, 5.74) is 1.37. The Morgan fingerprint density at radius 1 is 0.900 bits per heavy atom. The number of rotatable bonds is 5. The molecule has 0 saturated carbocycles. The van der Waals surface area contributed by atoms with Crippen LogP contribution in [-0.4, -0.2) is 41.2 Å². The van der Waals surface area contributed by atoms with Crippen LogP contribution in [0.4, 0.5) is 0 Å². The molecule has 3 aromatic carbocycles. The van der Waals surface area contributed by atoms with Gasteiger partial charge in [0.15, 0.2) is 5.78 Å². The van der Waals surface area contributed by atoms with Gasteiger partial charge in [-0.1, -0.05) is 36.4 Å². The number of ketones is 1. The van der Waals surface area contributed by atoms with Crippen molar-refractivity contribution < 1.29 is 13.2 Å². The smallest absolute Gasteiger partial charge is 0.295 e. The van der Waals surface area contributed by atoms with Crippen LogP contribution < -0.4 is 5.69 Å². The van der Waals surface area contributed by atoms with E-state index in [0.29, 0.717) is 16.6 Å². The predicted molar refractivity (Wildman–Crippen MR) is 116 cm³/mol. The van der Waals surface area contributed by atoms with Gasteiger partial charge >= 0.3 is 5.69 Å². The number of Topliss-reactive ketones (excluding diaryl/α,β-unsaturated/α-hetero) is 1. The van der Waals surface area contributed by atoms with E-state index in [1.807, 2.05) is 30.3 Å². The Hall–Kier alpha value is -3.23. The Balaban J connectivity index is 1.63. The molecule has 0 aliphatic heterocycles. The van der Waals surface area contributed by atoms with Crippen LogP contribution in [0.25, 0.3) is 21.8 Å². The number of likely N-dealkylation sites (N-methyl/N-ethyl adjacent to an activating group) is 1. The number of aromatic nitrogens is 2. The molecular weight excluding hydrogens is 402 g/mol. The summed E-state index contributed by atoms with van der Waals surface area (Å²) in [6.45, 7) is -0.285. The number of carbonyl (C=O) groups is 1. The van der Waals surface area contributed by atoms with Crippen molar-refractivity contribution in [1.29, 1.82) is 0 Å². The average Bonchev–Trinajstić information content (AvgIpc) is 2.97.